The summed E-state index contributed by atoms with van der Waals surface area (Å²) in [6, 6.07) is 15.4. The lowest BCUT2D eigenvalue weighted by Crippen LogP contribution is -2.36. The van der Waals surface area contributed by atoms with E-state index >= 15 is 0 Å². The summed E-state index contributed by atoms with van der Waals surface area (Å²) in [5, 5.41) is 13.5. The SMILES string of the molecule is O=C(CN1C(=O)C(=CC=Cc2ccccc2)SC1=S)Nc1ccccc1[N+](=O)[O-]. The smallest absolute Gasteiger partial charge is 0.292 e. The van der Waals surface area contributed by atoms with Crippen molar-refractivity contribution in [2.45, 2.75) is 0 Å². The highest BCUT2D eigenvalue weighted by Gasteiger charge is 2.33. The van der Waals surface area contributed by atoms with Gasteiger partial charge in [0.1, 0.15) is 16.6 Å². The minimum absolute atomic E-state index is 0.0641. The summed E-state index contributed by atoms with van der Waals surface area (Å²) in [7, 11) is 0. The number of allylic oxidation sites excluding steroid dienone is 2. The third-order valence-electron chi connectivity index (χ3n) is 3.89. The van der Waals surface area contributed by atoms with Gasteiger partial charge in [-0.15, -0.1) is 0 Å². The van der Waals surface area contributed by atoms with Gasteiger partial charge in [0.2, 0.25) is 5.91 Å². The maximum Gasteiger partial charge on any atom is 0.292 e. The number of anilines is 1. The number of hydrogen-bond acceptors (Lipinski definition) is 6. The monoisotopic (exact) mass is 425 g/mol. The van der Waals surface area contributed by atoms with Crippen molar-refractivity contribution in [1.82, 2.24) is 4.90 Å². The Hall–Kier alpha value is -3.30. The van der Waals surface area contributed by atoms with Crippen molar-refractivity contribution in [1.29, 1.82) is 0 Å². The second kappa shape index (κ2) is 9.26. The average molecular weight is 425 g/mol. The number of hydrogen-bond donors (Lipinski definition) is 1. The number of para-hydroxylation sites is 2. The Balaban J connectivity index is 1.66. The first-order chi connectivity index (χ1) is 14.0. The number of nitro benzene ring substituents is 1. The molecule has 1 saturated heterocycles. The fraction of sp³-hybridized carbons (Fsp3) is 0.0500. The molecular weight excluding hydrogens is 410 g/mol. The first kappa shape index (κ1) is 20.4. The van der Waals surface area contributed by atoms with Crippen LogP contribution in [0.4, 0.5) is 11.4 Å². The molecular formula is C20H15N3O4S2. The molecule has 0 aliphatic carbocycles. The molecule has 1 N–H and O–H groups in total. The molecule has 146 valence electrons. The van der Waals surface area contributed by atoms with E-state index in [-0.39, 0.29) is 28.1 Å². The Bertz CT molecular complexity index is 1040. The molecule has 0 radical (unpaired) electrons. The van der Waals surface area contributed by atoms with Crippen molar-refractivity contribution in [2.75, 3.05) is 11.9 Å². The van der Waals surface area contributed by atoms with Crippen LogP contribution in [0.3, 0.4) is 0 Å². The highest BCUT2D eigenvalue weighted by Crippen LogP contribution is 2.31. The maximum atomic E-state index is 12.5. The van der Waals surface area contributed by atoms with Crippen LogP contribution >= 0.6 is 24.0 Å². The van der Waals surface area contributed by atoms with Crippen LogP contribution in [-0.2, 0) is 9.59 Å². The Morgan fingerprint density at radius 3 is 2.59 bits per heavy atom. The summed E-state index contributed by atoms with van der Waals surface area (Å²) in [6.07, 6.45) is 5.25. The van der Waals surface area contributed by atoms with Gasteiger partial charge in [0.25, 0.3) is 11.6 Å². The van der Waals surface area contributed by atoms with Gasteiger partial charge >= 0.3 is 0 Å². The first-order valence-electron chi connectivity index (χ1n) is 8.46. The molecule has 1 heterocycles. The van der Waals surface area contributed by atoms with Gasteiger partial charge in [-0.25, -0.2) is 0 Å². The molecule has 1 aliphatic rings. The number of carbonyl (C=O) groups excluding carboxylic acids is 2. The van der Waals surface area contributed by atoms with Crippen molar-refractivity contribution < 1.29 is 14.5 Å². The molecule has 0 saturated carbocycles. The van der Waals surface area contributed by atoms with Crippen LogP contribution in [0, 0.1) is 10.1 Å². The van der Waals surface area contributed by atoms with Crippen molar-refractivity contribution in [3.05, 3.63) is 87.3 Å². The molecule has 0 bridgehead atoms. The van der Waals surface area contributed by atoms with Crippen LogP contribution in [0.5, 0.6) is 0 Å². The Kier molecular flexibility index (Phi) is 6.53. The quantitative estimate of drug-likeness (QED) is 0.326. The van der Waals surface area contributed by atoms with Gasteiger partial charge in [0.05, 0.1) is 9.83 Å². The second-order valence-electron chi connectivity index (χ2n) is 5.88. The number of amides is 2. The molecule has 0 unspecified atom stereocenters. The zero-order chi connectivity index (χ0) is 20.8. The number of thiocarbonyl (C=S) groups is 1. The predicted molar refractivity (Wildman–Crippen MR) is 117 cm³/mol. The van der Waals surface area contributed by atoms with Crippen molar-refractivity contribution >= 4 is 57.6 Å². The third kappa shape index (κ3) is 5.15. The number of nitro groups is 1. The molecule has 3 rings (SSSR count). The summed E-state index contributed by atoms with van der Waals surface area (Å²) in [4.78, 5) is 36.9. The normalized spacial score (nSPS) is 15.3. The van der Waals surface area contributed by atoms with Gasteiger partial charge in [-0.1, -0.05) is 78.6 Å². The minimum Gasteiger partial charge on any atom is -0.319 e. The van der Waals surface area contributed by atoms with Gasteiger partial charge in [-0.3, -0.25) is 24.6 Å². The van der Waals surface area contributed by atoms with Crippen LogP contribution < -0.4 is 5.32 Å². The fourth-order valence-corrected chi connectivity index (χ4v) is 3.74. The van der Waals surface area contributed by atoms with Gasteiger partial charge in [0.15, 0.2) is 0 Å². The summed E-state index contributed by atoms with van der Waals surface area (Å²) >= 11 is 6.31. The maximum absolute atomic E-state index is 12.5. The minimum atomic E-state index is -0.586. The molecule has 9 heteroatoms. The van der Waals surface area contributed by atoms with E-state index in [0.29, 0.717) is 4.91 Å². The van der Waals surface area contributed by atoms with Gasteiger partial charge in [-0.2, -0.15) is 0 Å². The molecule has 2 aromatic rings. The topological polar surface area (TPSA) is 92.6 Å². The zero-order valence-corrected chi connectivity index (χ0v) is 16.6. The molecule has 1 fully saturated rings. The summed E-state index contributed by atoms with van der Waals surface area (Å²) in [5.41, 5.74) is 0.828. The van der Waals surface area contributed by atoms with Crippen LogP contribution in [0.2, 0.25) is 0 Å². The van der Waals surface area contributed by atoms with Crippen molar-refractivity contribution in [3.63, 3.8) is 0 Å². The lowest BCUT2D eigenvalue weighted by atomic mass is 10.2. The lowest BCUT2D eigenvalue weighted by molar-refractivity contribution is -0.383. The fourth-order valence-electron chi connectivity index (χ4n) is 2.53. The van der Waals surface area contributed by atoms with E-state index in [9.17, 15) is 19.7 Å². The number of benzene rings is 2. The largest absolute Gasteiger partial charge is 0.319 e. The van der Waals surface area contributed by atoms with Crippen LogP contribution in [-0.4, -0.2) is 32.5 Å². The summed E-state index contributed by atoms with van der Waals surface area (Å²) < 4.78 is 0.257. The average Bonchev–Trinajstić information content (AvgIpc) is 2.96. The number of carbonyl (C=O) groups is 2. The second-order valence-corrected chi connectivity index (χ2v) is 7.56. The number of thioether (sulfide) groups is 1. The standard InChI is InChI=1S/C20H15N3O4S2/c24-18(21-15-10-4-5-11-16(15)23(26)27)13-22-19(25)17(29-20(22)28)12-6-9-14-7-2-1-3-8-14/h1-12H,13H2,(H,21,24). The predicted octanol–water partition coefficient (Wildman–Crippen LogP) is 3.99. The Morgan fingerprint density at radius 2 is 1.86 bits per heavy atom. The molecule has 0 spiro atoms. The molecule has 2 amide bonds. The van der Waals surface area contributed by atoms with Crippen LogP contribution in [0.1, 0.15) is 5.56 Å². The molecule has 2 aromatic carbocycles. The highest BCUT2D eigenvalue weighted by molar-refractivity contribution is 8.26. The van der Waals surface area contributed by atoms with Crippen molar-refractivity contribution in [3.8, 4) is 0 Å². The number of nitrogens with zero attached hydrogens (tertiary/aromatic N) is 2. The van der Waals surface area contributed by atoms with E-state index in [2.05, 4.69) is 5.32 Å². The Labute approximate surface area is 176 Å². The van der Waals surface area contributed by atoms with E-state index in [1.54, 1.807) is 18.2 Å². The van der Waals surface area contributed by atoms with Gasteiger partial charge in [-0.05, 0) is 17.7 Å². The molecule has 29 heavy (non-hydrogen) atoms. The van der Waals surface area contributed by atoms with Crippen molar-refractivity contribution in [2.24, 2.45) is 0 Å². The van der Waals surface area contributed by atoms with E-state index < -0.39 is 10.8 Å². The third-order valence-corrected chi connectivity index (χ3v) is 5.28. The summed E-state index contributed by atoms with van der Waals surface area (Å²) in [5.74, 6) is -0.952. The van der Waals surface area contributed by atoms with Crippen LogP contribution in [0.25, 0.3) is 6.08 Å². The highest BCUT2D eigenvalue weighted by atomic mass is 32.2. The van der Waals surface area contributed by atoms with E-state index in [4.69, 9.17) is 12.2 Å². The molecule has 7 nitrogen and oxygen atoms in total. The first-order valence-corrected chi connectivity index (χ1v) is 9.68. The molecule has 0 aromatic heterocycles. The Morgan fingerprint density at radius 1 is 1.17 bits per heavy atom. The van der Waals surface area contributed by atoms with Gasteiger partial charge < -0.3 is 5.32 Å². The molecule has 1 aliphatic heterocycles. The van der Waals surface area contributed by atoms with Crippen LogP contribution in [0.15, 0.2) is 71.7 Å². The number of rotatable bonds is 6. The van der Waals surface area contributed by atoms with E-state index in [1.807, 2.05) is 36.4 Å². The summed E-state index contributed by atoms with van der Waals surface area (Å²) in [6.45, 7) is -0.323. The van der Waals surface area contributed by atoms with E-state index in [0.717, 1.165) is 17.3 Å². The van der Waals surface area contributed by atoms with Gasteiger partial charge in [0, 0.05) is 6.07 Å². The zero-order valence-electron chi connectivity index (χ0n) is 15.0. The van der Waals surface area contributed by atoms with E-state index in [1.165, 1.54) is 23.1 Å². The lowest BCUT2D eigenvalue weighted by Gasteiger charge is -2.14. The molecule has 0 atom stereocenters. The number of nitrogens with one attached hydrogen (secondary N) is 1.